The molecule has 108 valence electrons. The number of piperidine rings is 1. The lowest BCUT2D eigenvalue weighted by molar-refractivity contribution is 0.154. The van der Waals surface area contributed by atoms with E-state index in [1.54, 1.807) is 0 Å². The minimum atomic E-state index is 0.684. The fourth-order valence-corrected chi connectivity index (χ4v) is 2.97. The number of anilines is 1. The Hall–Kier alpha value is -1.55. The highest BCUT2D eigenvalue weighted by atomic mass is 15.1. The van der Waals surface area contributed by atoms with Gasteiger partial charge in [0, 0.05) is 18.8 Å². The minimum absolute atomic E-state index is 0.684. The molecule has 0 spiro atoms. The third kappa shape index (κ3) is 2.96. The van der Waals surface area contributed by atoms with Gasteiger partial charge < -0.3 is 15.2 Å². The highest BCUT2D eigenvalue weighted by molar-refractivity contribution is 5.78. The second-order valence-corrected chi connectivity index (χ2v) is 6.09. The molecule has 1 aliphatic heterocycles. The summed E-state index contributed by atoms with van der Waals surface area (Å²) >= 11 is 0. The third-order valence-electron chi connectivity index (χ3n) is 4.37. The van der Waals surface area contributed by atoms with Crippen molar-refractivity contribution >= 4 is 16.7 Å². The number of nitrogens with zero attached hydrogens (tertiary/aromatic N) is 2. The molecule has 3 rings (SSSR count). The van der Waals surface area contributed by atoms with Crippen LogP contribution in [0.2, 0.25) is 0 Å². The van der Waals surface area contributed by atoms with E-state index in [1.165, 1.54) is 25.9 Å². The molecule has 4 nitrogen and oxygen atoms in total. The lowest BCUT2D eigenvalue weighted by Crippen LogP contribution is -2.39. The Bertz CT molecular complexity index is 552. The van der Waals surface area contributed by atoms with Crippen LogP contribution in [0.25, 0.3) is 11.0 Å². The molecular formula is C16H24N4. The van der Waals surface area contributed by atoms with Gasteiger partial charge in [-0.2, -0.15) is 0 Å². The van der Waals surface area contributed by atoms with Crippen molar-refractivity contribution in [1.82, 2.24) is 14.9 Å². The Morgan fingerprint density at radius 3 is 2.95 bits per heavy atom. The molecule has 3 heterocycles. The number of nitrogens with one attached hydrogen (secondary N) is 2. The first-order chi connectivity index (χ1) is 9.72. The maximum Gasteiger partial charge on any atom is 0.0880 e. The van der Waals surface area contributed by atoms with Crippen LogP contribution in [-0.2, 0) is 0 Å². The van der Waals surface area contributed by atoms with E-state index in [1.807, 2.05) is 18.5 Å². The molecule has 0 aliphatic carbocycles. The number of pyridine rings is 1. The van der Waals surface area contributed by atoms with E-state index in [-0.39, 0.29) is 0 Å². The normalized spacial score (nSPS) is 17.9. The summed E-state index contributed by atoms with van der Waals surface area (Å²) in [7, 11) is 0. The van der Waals surface area contributed by atoms with Gasteiger partial charge in [-0.1, -0.05) is 0 Å². The molecule has 0 aromatic carbocycles. The number of rotatable bonds is 4. The van der Waals surface area contributed by atoms with E-state index in [4.69, 9.17) is 0 Å². The van der Waals surface area contributed by atoms with Gasteiger partial charge in [0.25, 0.3) is 0 Å². The molecular weight excluding hydrogens is 248 g/mol. The van der Waals surface area contributed by atoms with Gasteiger partial charge in [0.05, 0.1) is 22.9 Å². The maximum absolute atomic E-state index is 4.44. The zero-order valence-electron chi connectivity index (χ0n) is 12.4. The molecule has 1 aliphatic rings. The second kappa shape index (κ2) is 5.83. The number of aromatic amines is 1. The largest absolute Gasteiger partial charge is 0.383 e. The molecule has 0 radical (unpaired) electrons. The molecule has 0 bridgehead atoms. The number of likely N-dealkylation sites (tertiary alicyclic amines) is 1. The van der Waals surface area contributed by atoms with Crippen molar-refractivity contribution in [2.45, 2.75) is 32.7 Å². The van der Waals surface area contributed by atoms with E-state index < -0.39 is 0 Å². The van der Waals surface area contributed by atoms with Crippen LogP contribution in [0, 0.1) is 5.92 Å². The quantitative estimate of drug-likeness (QED) is 0.899. The number of hydrogen-bond acceptors (Lipinski definition) is 3. The van der Waals surface area contributed by atoms with Crippen molar-refractivity contribution in [2.24, 2.45) is 5.92 Å². The molecule has 1 saturated heterocycles. The summed E-state index contributed by atoms with van der Waals surface area (Å²) < 4.78 is 0. The molecule has 20 heavy (non-hydrogen) atoms. The van der Waals surface area contributed by atoms with Gasteiger partial charge in [0.15, 0.2) is 0 Å². The summed E-state index contributed by atoms with van der Waals surface area (Å²) in [5, 5.41) is 3.54. The van der Waals surface area contributed by atoms with Crippen LogP contribution in [0.4, 0.5) is 5.69 Å². The van der Waals surface area contributed by atoms with Crippen LogP contribution < -0.4 is 5.32 Å². The molecule has 2 N–H and O–H groups in total. The fraction of sp³-hybridized carbons (Fsp3) is 0.562. The summed E-state index contributed by atoms with van der Waals surface area (Å²) in [6.07, 6.45) is 6.45. The Balaban J connectivity index is 1.52. The average Bonchev–Trinajstić information content (AvgIpc) is 2.93. The first-order valence-corrected chi connectivity index (χ1v) is 7.63. The fourth-order valence-electron chi connectivity index (χ4n) is 2.97. The topological polar surface area (TPSA) is 44.0 Å². The lowest BCUT2D eigenvalue weighted by atomic mass is 9.96. The number of H-pyrrole nitrogens is 1. The monoisotopic (exact) mass is 272 g/mol. The molecule has 0 atom stereocenters. The van der Waals surface area contributed by atoms with Crippen molar-refractivity contribution in [3.63, 3.8) is 0 Å². The molecule has 4 heteroatoms. The number of hydrogen-bond donors (Lipinski definition) is 2. The Kier molecular flexibility index (Phi) is 3.92. The van der Waals surface area contributed by atoms with Crippen molar-refractivity contribution in [3.8, 4) is 0 Å². The van der Waals surface area contributed by atoms with Crippen LogP contribution in [0.15, 0.2) is 24.5 Å². The van der Waals surface area contributed by atoms with Crippen molar-refractivity contribution < 1.29 is 0 Å². The predicted octanol–water partition coefficient (Wildman–Crippen LogP) is 3.10. The number of aromatic nitrogens is 2. The first kappa shape index (κ1) is 13.4. The van der Waals surface area contributed by atoms with Gasteiger partial charge in [0.2, 0.25) is 0 Å². The summed E-state index contributed by atoms with van der Waals surface area (Å²) in [4.78, 5) is 10.2. The van der Waals surface area contributed by atoms with E-state index in [9.17, 15) is 0 Å². The standard InChI is InChI=1S/C16H24N4/c1-12(2)20-7-4-13(5-8-20)10-18-14-9-16-15(19-11-14)3-6-17-16/h3,6,9,11-13,17-18H,4-5,7-8,10H2,1-2H3. The average molecular weight is 272 g/mol. The molecule has 0 amide bonds. The van der Waals surface area contributed by atoms with E-state index in [2.05, 4.69) is 40.1 Å². The highest BCUT2D eigenvalue weighted by Gasteiger charge is 2.20. The smallest absolute Gasteiger partial charge is 0.0880 e. The van der Waals surface area contributed by atoms with Gasteiger partial charge in [-0.15, -0.1) is 0 Å². The molecule has 1 fully saturated rings. The SMILES string of the molecule is CC(C)N1CCC(CNc2cnc3cc[nH]c3c2)CC1. The Morgan fingerprint density at radius 2 is 2.20 bits per heavy atom. The van der Waals surface area contributed by atoms with Crippen molar-refractivity contribution in [3.05, 3.63) is 24.5 Å². The van der Waals surface area contributed by atoms with Gasteiger partial charge in [-0.05, 0) is 57.8 Å². The number of fused-ring (bicyclic) bond motifs is 1. The Labute approximate surface area is 120 Å². The van der Waals surface area contributed by atoms with Gasteiger partial charge in [0.1, 0.15) is 0 Å². The van der Waals surface area contributed by atoms with Crippen LogP contribution in [0.5, 0.6) is 0 Å². The summed E-state index contributed by atoms with van der Waals surface area (Å²) in [6, 6.07) is 4.83. The van der Waals surface area contributed by atoms with E-state index >= 15 is 0 Å². The molecule has 0 unspecified atom stereocenters. The van der Waals surface area contributed by atoms with E-state index in [0.29, 0.717) is 6.04 Å². The lowest BCUT2D eigenvalue weighted by Gasteiger charge is -2.34. The van der Waals surface area contributed by atoms with Crippen molar-refractivity contribution in [2.75, 3.05) is 25.0 Å². The first-order valence-electron chi connectivity index (χ1n) is 7.63. The summed E-state index contributed by atoms with van der Waals surface area (Å²) in [5.41, 5.74) is 3.25. The van der Waals surface area contributed by atoms with Crippen LogP contribution >= 0.6 is 0 Å². The Morgan fingerprint density at radius 1 is 1.40 bits per heavy atom. The van der Waals surface area contributed by atoms with Gasteiger partial charge in [-0.3, -0.25) is 4.98 Å². The third-order valence-corrected chi connectivity index (χ3v) is 4.37. The van der Waals surface area contributed by atoms with Crippen LogP contribution in [0.3, 0.4) is 0 Å². The van der Waals surface area contributed by atoms with E-state index in [0.717, 1.165) is 29.2 Å². The highest BCUT2D eigenvalue weighted by Crippen LogP contribution is 2.20. The second-order valence-electron chi connectivity index (χ2n) is 6.09. The van der Waals surface area contributed by atoms with Crippen molar-refractivity contribution in [1.29, 1.82) is 0 Å². The maximum atomic E-state index is 4.44. The van der Waals surface area contributed by atoms with Crippen LogP contribution in [0.1, 0.15) is 26.7 Å². The summed E-state index contributed by atoms with van der Waals surface area (Å²) in [5.74, 6) is 0.782. The van der Waals surface area contributed by atoms with Gasteiger partial charge in [-0.25, -0.2) is 0 Å². The minimum Gasteiger partial charge on any atom is -0.383 e. The summed E-state index contributed by atoms with van der Waals surface area (Å²) in [6.45, 7) is 8.10. The molecule has 2 aromatic rings. The van der Waals surface area contributed by atoms with Crippen LogP contribution in [-0.4, -0.2) is 40.5 Å². The molecule has 2 aromatic heterocycles. The zero-order valence-corrected chi connectivity index (χ0v) is 12.4. The van der Waals surface area contributed by atoms with Gasteiger partial charge >= 0.3 is 0 Å². The zero-order chi connectivity index (χ0) is 13.9. The molecule has 0 saturated carbocycles. The predicted molar refractivity (Wildman–Crippen MR) is 84.0 cm³/mol.